The highest BCUT2D eigenvalue weighted by Crippen LogP contribution is 2.33. The van der Waals surface area contributed by atoms with Crippen molar-refractivity contribution < 1.29 is 14.5 Å². The number of benzene rings is 2. The predicted octanol–water partition coefficient (Wildman–Crippen LogP) is 3.44. The Hall–Kier alpha value is -3.66. The third-order valence-electron chi connectivity index (χ3n) is 3.54. The summed E-state index contributed by atoms with van der Waals surface area (Å²) in [5.74, 6) is -0.796. The van der Waals surface area contributed by atoms with Gasteiger partial charge in [0.2, 0.25) is 0 Å². The van der Waals surface area contributed by atoms with Crippen molar-refractivity contribution in [3.8, 4) is 6.07 Å². The van der Waals surface area contributed by atoms with Gasteiger partial charge in [-0.2, -0.15) is 5.26 Å². The number of hydrogen-bond donors (Lipinski definition) is 0. The average Bonchev–Trinajstić information content (AvgIpc) is 2.65. The highest BCUT2D eigenvalue weighted by molar-refractivity contribution is 5.98. The van der Waals surface area contributed by atoms with E-state index in [1.165, 1.54) is 12.1 Å². The molecule has 0 heterocycles. The minimum atomic E-state index is -0.796. The lowest BCUT2D eigenvalue weighted by molar-refractivity contribution is -0.384. The van der Waals surface area contributed by atoms with Crippen LogP contribution in [-0.4, -0.2) is 25.1 Å². The van der Waals surface area contributed by atoms with E-state index in [1.807, 2.05) is 30.3 Å². The molecule has 2 rings (SSSR count). The fourth-order valence-electron chi connectivity index (χ4n) is 2.26. The molecule has 0 saturated carbocycles. The molecule has 0 atom stereocenters. The summed E-state index contributed by atoms with van der Waals surface area (Å²) >= 11 is 0. The van der Waals surface area contributed by atoms with E-state index < -0.39 is 10.9 Å². The maximum absolute atomic E-state index is 11.5. The highest BCUT2D eigenvalue weighted by Gasteiger charge is 2.19. The molecule has 0 saturated heterocycles. The molecule has 0 aliphatic carbocycles. The highest BCUT2D eigenvalue weighted by atomic mass is 16.6. The van der Waals surface area contributed by atoms with Crippen LogP contribution in [0.5, 0.6) is 0 Å². The third-order valence-corrected chi connectivity index (χ3v) is 3.54. The van der Waals surface area contributed by atoms with Gasteiger partial charge in [0.15, 0.2) is 0 Å². The zero-order chi connectivity index (χ0) is 18.4. The molecule has 2 aromatic carbocycles. The molecule has 0 aliphatic rings. The van der Waals surface area contributed by atoms with Crippen LogP contribution in [-0.2, 0) is 9.53 Å². The Kier molecular flexibility index (Phi) is 5.48. The number of nitrogens with zero attached hydrogens (tertiary/aromatic N) is 3. The minimum absolute atomic E-state index is 0.137. The summed E-state index contributed by atoms with van der Waals surface area (Å²) in [4.78, 5) is 24.1. The van der Waals surface area contributed by atoms with Crippen molar-refractivity contribution in [1.29, 1.82) is 5.26 Å². The van der Waals surface area contributed by atoms with Crippen LogP contribution in [0.25, 0.3) is 6.08 Å². The number of rotatable bonds is 5. The Morgan fingerprint density at radius 1 is 1.28 bits per heavy atom. The SMILES string of the molecule is COC(=O)/C(C#N)=C/c1ccc(N(C)c2ccccc2)c([N+](=O)[O-])c1. The van der Waals surface area contributed by atoms with Crippen molar-refractivity contribution in [3.05, 3.63) is 69.8 Å². The summed E-state index contributed by atoms with van der Waals surface area (Å²) < 4.78 is 4.50. The van der Waals surface area contributed by atoms with E-state index in [2.05, 4.69) is 4.74 Å². The van der Waals surface area contributed by atoms with Crippen molar-refractivity contribution in [2.45, 2.75) is 0 Å². The molecule has 0 radical (unpaired) electrons. The van der Waals surface area contributed by atoms with Crippen LogP contribution in [0.3, 0.4) is 0 Å². The van der Waals surface area contributed by atoms with Gasteiger partial charge in [0.25, 0.3) is 5.69 Å². The summed E-state index contributed by atoms with van der Waals surface area (Å²) in [5, 5.41) is 20.5. The van der Waals surface area contributed by atoms with Gasteiger partial charge >= 0.3 is 5.97 Å². The van der Waals surface area contributed by atoms with E-state index in [0.717, 1.165) is 12.8 Å². The van der Waals surface area contributed by atoms with Gasteiger partial charge in [0.05, 0.1) is 12.0 Å². The molecule has 126 valence electrons. The van der Waals surface area contributed by atoms with Crippen molar-refractivity contribution >= 4 is 29.1 Å². The number of para-hydroxylation sites is 1. The van der Waals surface area contributed by atoms with Gasteiger partial charge in [0.1, 0.15) is 17.3 Å². The Balaban J connectivity index is 2.49. The van der Waals surface area contributed by atoms with Crippen LogP contribution < -0.4 is 4.90 Å². The molecule has 0 bridgehead atoms. The number of carbonyl (C=O) groups excluding carboxylic acids is 1. The quantitative estimate of drug-likeness (QED) is 0.272. The van der Waals surface area contributed by atoms with E-state index in [0.29, 0.717) is 11.3 Å². The molecule has 7 heteroatoms. The number of esters is 1. The van der Waals surface area contributed by atoms with Crippen LogP contribution in [0.1, 0.15) is 5.56 Å². The first-order valence-corrected chi connectivity index (χ1v) is 7.25. The number of ether oxygens (including phenoxy) is 1. The maximum Gasteiger partial charge on any atom is 0.348 e. The number of nitro groups is 1. The summed E-state index contributed by atoms with van der Waals surface area (Å²) in [6.07, 6.45) is 1.26. The Morgan fingerprint density at radius 3 is 2.52 bits per heavy atom. The zero-order valence-corrected chi connectivity index (χ0v) is 13.7. The average molecular weight is 337 g/mol. The first-order valence-electron chi connectivity index (χ1n) is 7.25. The van der Waals surface area contributed by atoms with E-state index in [1.54, 1.807) is 30.1 Å². The van der Waals surface area contributed by atoms with Gasteiger partial charge < -0.3 is 9.64 Å². The summed E-state index contributed by atoms with van der Waals surface area (Å²) in [6, 6.07) is 15.4. The first-order chi connectivity index (χ1) is 12.0. The van der Waals surface area contributed by atoms with E-state index in [9.17, 15) is 14.9 Å². The zero-order valence-electron chi connectivity index (χ0n) is 13.7. The normalized spacial score (nSPS) is 10.7. The van der Waals surface area contributed by atoms with Gasteiger partial charge in [0, 0.05) is 18.8 Å². The molecule has 0 amide bonds. The standard InChI is InChI=1S/C18H15N3O4/c1-20(15-6-4-3-5-7-15)16-9-8-13(11-17(16)21(23)24)10-14(12-19)18(22)25-2/h3-11H,1-2H3/b14-10+. The molecule has 0 spiro atoms. The van der Waals surface area contributed by atoms with Crippen LogP contribution in [0.4, 0.5) is 17.1 Å². The number of hydrogen-bond acceptors (Lipinski definition) is 6. The summed E-state index contributed by atoms with van der Waals surface area (Å²) in [5.41, 5.74) is 1.17. The summed E-state index contributed by atoms with van der Waals surface area (Å²) in [7, 11) is 2.89. The lowest BCUT2D eigenvalue weighted by Crippen LogP contribution is -2.11. The van der Waals surface area contributed by atoms with E-state index >= 15 is 0 Å². The Morgan fingerprint density at radius 2 is 1.96 bits per heavy atom. The van der Waals surface area contributed by atoms with Gasteiger partial charge in [-0.3, -0.25) is 10.1 Å². The molecule has 0 aromatic heterocycles. The fraction of sp³-hybridized carbons (Fsp3) is 0.111. The van der Waals surface area contributed by atoms with Crippen LogP contribution in [0, 0.1) is 21.4 Å². The van der Waals surface area contributed by atoms with Gasteiger partial charge in [-0.15, -0.1) is 0 Å². The van der Waals surface area contributed by atoms with E-state index in [-0.39, 0.29) is 11.3 Å². The number of methoxy groups -OCH3 is 1. The molecule has 0 fully saturated rings. The van der Waals surface area contributed by atoms with Gasteiger partial charge in [-0.05, 0) is 29.8 Å². The number of carbonyl (C=O) groups is 1. The Bertz CT molecular complexity index is 870. The second-order valence-corrected chi connectivity index (χ2v) is 5.06. The number of nitriles is 1. The molecule has 0 aliphatic heterocycles. The lowest BCUT2D eigenvalue weighted by atomic mass is 10.1. The fourth-order valence-corrected chi connectivity index (χ4v) is 2.26. The topological polar surface area (TPSA) is 96.5 Å². The van der Waals surface area contributed by atoms with Crippen LogP contribution >= 0.6 is 0 Å². The lowest BCUT2D eigenvalue weighted by Gasteiger charge is -2.19. The second kappa shape index (κ2) is 7.75. The molecule has 2 aromatic rings. The number of anilines is 2. The molecule has 7 nitrogen and oxygen atoms in total. The largest absolute Gasteiger partial charge is 0.465 e. The van der Waals surface area contributed by atoms with Crippen molar-refractivity contribution in [1.82, 2.24) is 0 Å². The molecular weight excluding hydrogens is 322 g/mol. The third kappa shape index (κ3) is 4.00. The predicted molar refractivity (Wildman–Crippen MR) is 93.2 cm³/mol. The van der Waals surface area contributed by atoms with Crippen molar-refractivity contribution in [2.24, 2.45) is 0 Å². The first kappa shape index (κ1) is 17.7. The van der Waals surface area contributed by atoms with Gasteiger partial charge in [-0.1, -0.05) is 24.3 Å². The smallest absolute Gasteiger partial charge is 0.348 e. The summed E-state index contributed by atoms with van der Waals surface area (Å²) in [6.45, 7) is 0. The molecule has 0 N–H and O–H groups in total. The van der Waals surface area contributed by atoms with Crippen LogP contribution in [0.15, 0.2) is 54.1 Å². The molecule has 0 unspecified atom stereocenters. The minimum Gasteiger partial charge on any atom is -0.465 e. The number of nitro benzene ring substituents is 1. The second-order valence-electron chi connectivity index (χ2n) is 5.06. The van der Waals surface area contributed by atoms with E-state index in [4.69, 9.17) is 5.26 Å². The monoisotopic (exact) mass is 337 g/mol. The molecule has 25 heavy (non-hydrogen) atoms. The maximum atomic E-state index is 11.5. The van der Waals surface area contributed by atoms with Crippen molar-refractivity contribution in [3.63, 3.8) is 0 Å². The van der Waals surface area contributed by atoms with Gasteiger partial charge in [-0.25, -0.2) is 4.79 Å². The van der Waals surface area contributed by atoms with Crippen molar-refractivity contribution in [2.75, 3.05) is 19.1 Å². The molecular formula is C18H15N3O4. The Labute approximate surface area is 144 Å². The van der Waals surface area contributed by atoms with Crippen LogP contribution in [0.2, 0.25) is 0 Å².